The van der Waals surface area contributed by atoms with Gasteiger partial charge in [-0.15, -0.1) is 5.73 Å². The Balaban J connectivity index is 4.23. The van der Waals surface area contributed by atoms with Gasteiger partial charge in [0.15, 0.2) is 0 Å². The minimum Gasteiger partial charge on any atom is -0.481 e. The van der Waals surface area contributed by atoms with Crippen LogP contribution in [0.4, 0.5) is 0 Å². The lowest BCUT2D eigenvalue weighted by molar-refractivity contribution is -0.146. The maximum absolute atomic E-state index is 10.9. The van der Waals surface area contributed by atoms with Crippen molar-refractivity contribution >= 4 is 5.97 Å². The minimum atomic E-state index is -0.759. The summed E-state index contributed by atoms with van der Waals surface area (Å²) < 4.78 is 0. The molecule has 0 unspecified atom stereocenters. The fourth-order valence-corrected chi connectivity index (χ4v) is 1.44. The molecule has 15 heavy (non-hydrogen) atoms. The molecule has 1 N–H and O–H groups in total. The predicted octanol–water partition coefficient (Wildman–Crippen LogP) is 3.78. The lowest BCUT2D eigenvalue weighted by Gasteiger charge is -2.19. The number of unbranched alkanes of at least 4 members (excludes halogenated alkanes) is 2. The largest absolute Gasteiger partial charge is 0.481 e. The molecule has 0 aliphatic rings. The van der Waals surface area contributed by atoms with Crippen LogP contribution in [0.5, 0.6) is 0 Å². The molecular weight excluding hydrogens is 188 g/mol. The summed E-state index contributed by atoms with van der Waals surface area (Å²) in [7, 11) is 0. The first-order valence-electron chi connectivity index (χ1n) is 5.55. The number of hydrogen-bond acceptors (Lipinski definition) is 1. The first-order chi connectivity index (χ1) is 6.94. The van der Waals surface area contributed by atoms with Gasteiger partial charge in [0.2, 0.25) is 0 Å². The van der Waals surface area contributed by atoms with Crippen molar-refractivity contribution in [1.82, 2.24) is 0 Å². The van der Waals surface area contributed by atoms with Crippen molar-refractivity contribution in [2.75, 3.05) is 0 Å². The second kappa shape index (κ2) is 6.47. The van der Waals surface area contributed by atoms with Crippen molar-refractivity contribution in [3.63, 3.8) is 0 Å². The maximum atomic E-state index is 10.9. The maximum Gasteiger partial charge on any atom is 0.309 e. The van der Waals surface area contributed by atoms with Crippen molar-refractivity contribution in [2.45, 2.75) is 52.9 Å². The van der Waals surface area contributed by atoms with E-state index in [-0.39, 0.29) is 0 Å². The average Bonchev–Trinajstić information content (AvgIpc) is 2.16. The highest BCUT2D eigenvalue weighted by Crippen LogP contribution is 2.27. The Labute approximate surface area is 92.7 Å². The number of carboxylic acid groups (broad SMARTS) is 1. The Morgan fingerprint density at radius 3 is 2.40 bits per heavy atom. The third-order valence-electron chi connectivity index (χ3n) is 2.57. The molecule has 0 atom stereocenters. The number of hydrogen-bond donors (Lipinski definition) is 1. The molecule has 0 aliphatic carbocycles. The van der Waals surface area contributed by atoms with Gasteiger partial charge in [-0.1, -0.05) is 26.3 Å². The van der Waals surface area contributed by atoms with Gasteiger partial charge in [0.05, 0.1) is 5.41 Å². The Bertz CT molecular complexity index is 258. The number of carboxylic acids is 1. The summed E-state index contributed by atoms with van der Waals surface area (Å²) in [6.07, 6.45) is 4.93. The van der Waals surface area contributed by atoms with Gasteiger partial charge >= 0.3 is 5.97 Å². The number of carbonyl (C=O) groups is 1. The summed E-state index contributed by atoms with van der Waals surface area (Å²) in [6.45, 7) is 9.26. The zero-order valence-electron chi connectivity index (χ0n) is 10.1. The molecule has 0 rings (SSSR count). The van der Waals surface area contributed by atoms with E-state index in [0.717, 1.165) is 18.4 Å². The first-order valence-corrected chi connectivity index (χ1v) is 5.55. The SMILES string of the molecule is C=C=C(CCCCC)CC(C)(C)C(=O)O. The van der Waals surface area contributed by atoms with E-state index in [0.29, 0.717) is 6.42 Å². The Kier molecular flexibility index (Phi) is 6.03. The highest BCUT2D eigenvalue weighted by atomic mass is 16.4. The molecule has 0 bridgehead atoms. The van der Waals surface area contributed by atoms with Gasteiger partial charge in [0.1, 0.15) is 0 Å². The molecule has 0 aromatic rings. The third kappa shape index (κ3) is 5.44. The molecule has 0 aromatic carbocycles. The van der Waals surface area contributed by atoms with Crippen LogP contribution in [0.1, 0.15) is 52.9 Å². The Morgan fingerprint density at radius 1 is 1.40 bits per heavy atom. The van der Waals surface area contributed by atoms with E-state index in [2.05, 4.69) is 19.2 Å². The molecule has 0 spiro atoms. The van der Waals surface area contributed by atoms with Crippen molar-refractivity contribution in [3.8, 4) is 0 Å². The molecule has 0 saturated heterocycles. The van der Waals surface area contributed by atoms with Crippen molar-refractivity contribution < 1.29 is 9.90 Å². The molecule has 0 saturated carbocycles. The Hall–Kier alpha value is -1.01. The predicted molar refractivity (Wildman–Crippen MR) is 62.8 cm³/mol. The second-order valence-electron chi connectivity index (χ2n) is 4.60. The van der Waals surface area contributed by atoms with Crippen molar-refractivity contribution in [2.24, 2.45) is 5.41 Å². The van der Waals surface area contributed by atoms with Gasteiger partial charge < -0.3 is 5.11 Å². The molecule has 0 radical (unpaired) electrons. The summed E-state index contributed by atoms with van der Waals surface area (Å²) in [5, 5.41) is 9.00. The molecular formula is C13H22O2. The van der Waals surface area contributed by atoms with Crippen LogP contribution in [0.15, 0.2) is 17.9 Å². The third-order valence-corrected chi connectivity index (χ3v) is 2.57. The van der Waals surface area contributed by atoms with Gasteiger partial charge in [-0.25, -0.2) is 0 Å². The van der Waals surface area contributed by atoms with E-state index in [1.165, 1.54) is 12.8 Å². The van der Waals surface area contributed by atoms with Gasteiger partial charge in [-0.3, -0.25) is 4.79 Å². The summed E-state index contributed by atoms with van der Waals surface area (Å²) in [4.78, 5) is 10.9. The summed E-state index contributed by atoms with van der Waals surface area (Å²) in [5.41, 5.74) is 3.21. The summed E-state index contributed by atoms with van der Waals surface area (Å²) in [5.74, 6) is -0.759. The summed E-state index contributed by atoms with van der Waals surface area (Å²) in [6, 6.07) is 0. The number of rotatable bonds is 7. The van der Waals surface area contributed by atoms with E-state index in [4.69, 9.17) is 5.11 Å². The normalized spacial score (nSPS) is 10.9. The molecule has 0 aromatic heterocycles. The highest BCUT2D eigenvalue weighted by Gasteiger charge is 2.27. The fraction of sp³-hybridized carbons (Fsp3) is 0.692. The molecule has 0 fully saturated rings. The van der Waals surface area contributed by atoms with Gasteiger partial charge in [0, 0.05) is 0 Å². The minimum absolute atomic E-state index is 0.551. The summed E-state index contributed by atoms with van der Waals surface area (Å²) >= 11 is 0. The lowest BCUT2D eigenvalue weighted by atomic mass is 9.84. The first kappa shape index (κ1) is 14.0. The average molecular weight is 210 g/mol. The van der Waals surface area contributed by atoms with Crippen LogP contribution in [0.3, 0.4) is 0 Å². The second-order valence-corrected chi connectivity index (χ2v) is 4.60. The van der Waals surface area contributed by atoms with Crippen LogP contribution < -0.4 is 0 Å². The zero-order chi connectivity index (χ0) is 11.9. The van der Waals surface area contributed by atoms with Crippen LogP contribution in [-0.2, 0) is 4.79 Å². The van der Waals surface area contributed by atoms with Crippen LogP contribution in [-0.4, -0.2) is 11.1 Å². The van der Waals surface area contributed by atoms with E-state index in [9.17, 15) is 4.79 Å². The topological polar surface area (TPSA) is 37.3 Å². The number of aliphatic carboxylic acids is 1. The smallest absolute Gasteiger partial charge is 0.309 e. The Morgan fingerprint density at radius 2 is 2.00 bits per heavy atom. The fourth-order valence-electron chi connectivity index (χ4n) is 1.44. The molecule has 0 aliphatic heterocycles. The van der Waals surface area contributed by atoms with Crippen LogP contribution in [0.25, 0.3) is 0 Å². The van der Waals surface area contributed by atoms with Gasteiger partial charge in [-0.2, -0.15) is 0 Å². The number of allylic oxidation sites excluding steroid dienone is 1. The lowest BCUT2D eigenvalue weighted by Crippen LogP contribution is -2.24. The monoisotopic (exact) mass is 210 g/mol. The van der Waals surface area contributed by atoms with E-state index in [1.807, 2.05) is 0 Å². The van der Waals surface area contributed by atoms with E-state index < -0.39 is 11.4 Å². The zero-order valence-corrected chi connectivity index (χ0v) is 10.1. The van der Waals surface area contributed by atoms with Crippen molar-refractivity contribution in [1.29, 1.82) is 0 Å². The van der Waals surface area contributed by atoms with Crippen LogP contribution in [0, 0.1) is 5.41 Å². The van der Waals surface area contributed by atoms with Gasteiger partial charge in [-0.05, 0) is 38.7 Å². The molecule has 2 nitrogen and oxygen atoms in total. The van der Waals surface area contributed by atoms with E-state index >= 15 is 0 Å². The van der Waals surface area contributed by atoms with Crippen LogP contribution >= 0.6 is 0 Å². The molecule has 86 valence electrons. The standard InChI is InChI=1S/C13H22O2/c1-5-7-8-9-11(6-2)10-13(3,4)12(14)15/h2,5,7-10H2,1,3-4H3,(H,14,15). The molecule has 0 heterocycles. The highest BCUT2D eigenvalue weighted by molar-refractivity contribution is 5.73. The quantitative estimate of drug-likeness (QED) is 0.513. The van der Waals surface area contributed by atoms with Gasteiger partial charge in [0.25, 0.3) is 0 Å². The van der Waals surface area contributed by atoms with Crippen LogP contribution in [0.2, 0.25) is 0 Å². The van der Waals surface area contributed by atoms with Crippen molar-refractivity contribution in [3.05, 3.63) is 17.9 Å². The van der Waals surface area contributed by atoms with E-state index in [1.54, 1.807) is 13.8 Å². The molecule has 0 amide bonds. The molecule has 2 heteroatoms.